The summed E-state index contributed by atoms with van der Waals surface area (Å²) >= 11 is 1.20. The second-order valence-corrected chi connectivity index (χ2v) is 9.70. The molecule has 0 N–H and O–H groups in total. The summed E-state index contributed by atoms with van der Waals surface area (Å²) in [5, 5.41) is 11.8. The van der Waals surface area contributed by atoms with Crippen molar-refractivity contribution in [2.24, 2.45) is 13.0 Å². The van der Waals surface area contributed by atoms with Crippen LogP contribution in [0.15, 0.2) is 40.3 Å². The van der Waals surface area contributed by atoms with Gasteiger partial charge in [-0.2, -0.15) is 4.68 Å². The van der Waals surface area contributed by atoms with Gasteiger partial charge in [0, 0.05) is 20.1 Å². The number of piperidine rings is 1. The molecule has 12 heteroatoms. The van der Waals surface area contributed by atoms with Crippen LogP contribution in [0.5, 0.6) is 0 Å². The van der Waals surface area contributed by atoms with Gasteiger partial charge in [-0.1, -0.05) is 30.0 Å². The van der Waals surface area contributed by atoms with Crippen molar-refractivity contribution in [2.75, 3.05) is 19.7 Å². The van der Waals surface area contributed by atoms with E-state index in [9.17, 15) is 14.4 Å². The Morgan fingerprint density at radius 1 is 1.20 bits per heavy atom. The lowest BCUT2D eigenvalue weighted by Gasteiger charge is -2.32. The summed E-state index contributed by atoms with van der Waals surface area (Å²) in [4.78, 5) is 40.2. The zero-order valence-electron chi connectivity index (χ0n) is 20.2. The van der Waals surface area contributed by atoms with Gasteiger partial charge in [0.05, 0.1) is 29.2 Å². The maximum absolute atomic E-state index is 13.4. The summed E-state index contributed by atoms with van der Waals surface area (Å²) in [5.41, 5.74) is 1.49. The number of tetrazole rings is 1. The second kappa shape index (κ2) is 10.5. The number of para-hydroxylation sites is 1. The molecule has 1 unspecified atom stereocenters. The third kappa shape index (κ3) is 4.88. The van der Waals surface area contributed by atoms with Crippen LogP contribution in [0, 0.1) is 12.8 Å². The number of hydrogen-bond acceptors (Lipinski definition) is 8. The first-order valence-corrected chi connectivity index (χ1v) is 12.5. The number of ether oxygens (including phenoxy) is 1. The molecule has 2 aromatic heterocycles. The van der Waals surface area contributed by atoms with Crippen LogP contribution in [0.25, 0.3) is 11.4 Å². The lowest BCUT2D eigenvalue weighted by molar-refractivity contribution is -0.151. The Balaban J connectivity index is 1.51. The van der Waals surface area contributed by atoms with Gasteiger partial charge in [0.2, 0.25) is 11.1 Å². The largest absolute Gasteiger partial charge is 0.466 e. The number of thioether (sulfide) groups is 1. The molecule has 1 aliphatic heterocycles. The van der Waals surface area contributed by atoms with Gasteiger partial charge < -0.3 is 9.64 Å². The zero-order valence-corrected chi connectivity index (χ0v) is 21.1. The number of benzene rings is 1. The van der Waals surface area contributed by atoms with Crippen molar-refractivity contribution < 1.29 is 14.3 Å². The number of carbonyl (C=O) groups is 2. The van der Waals surface area contributed by atoms with Crippen LogP contribution in [-0.2, 0) is 21.4 Å². The lowest BCUT2D eigenvalue weighted by Crippen LogP contribution is -2.43. The van der Waals surface area contributed by atoms with Gasteiger partial charge in [0.15, 0.2) is 5.69 Å². The van der Waals surface area contributed by atoms with Crippen molar-refractivity contribution in [3.05, 3.63) is 46.4 Å². The number of likely N-dealkylation sites (tertiary alicyclic amines) is 1. The molecule has 4 rings (SSSR count). The molecule has 186 valence electrons. The number of aromatic nitrogens is 6. The SMILES string of the molecule is CCOC(=O)C1CCN(C(=O)C(C)Sc2nnnn2-c2c(C)n(C)n(-c3ccccc3)c2=O)CC1. The van der Waals surface area contributed by atoms with E-state index in [0.717, 1.165) is 5.69 Å². The molecule has 0 saturated carbocycles. The fraction of sp³-hybridized carbons (Fsp3) is 0.478. The minimum atomic E-state index is -0.473. The highest BCUT2D eigenvalue weighted by Gasteiger charge is 2.31. The van der Waals surface area contributed by atoms with Crippen molar-refractivity contribution in [2.45, 2.75) is 44.0 Å². The molecular formula is C23H29N7O4S. The molecule has 0 radical (unpaired) electrons. The first-order valence-electron chi connectivity index (χ1n) is 11.6. The molecule has 0 aliphatic carbocycles. The summed E-state index contributed by atoms with van der Waals surface area (Å²) < 4.78 is 9.82. The molecule has 1 atom stereocenters. The molecule has 0 spiro atoms. The average molecular weight is 500 g/mol. The maximum atomic E-state index is 13.4. The Bertz CT molecular complexity index is 1260. The number of rotatable bonds is 7. The zero-order chi connectivity index (χ0) is 25.1. The number of hydrogen-bond donors (Lipinski definition) is 0. The van der Waals surface area contributed by atoms with E-state index in [1.165, 1.54) is 16.4 Å². The highest BCUT2D eigenvalue weighted by molar-refractivity contribution is 8.00. The Morgan fingerprint density at radius 3 is 2.54 bits per heavy atom. The van der Waals surface area contributed by atoms with Gasteiger partial charge in [-0.15, -0.1) is 5.10 Å². The Kier molecular flexibility index (Phi) is 7.39. The molecule has 1 saturated heterocycles. The normalized spacial score (nSPS) is 15.3. The topological polar surface area (TPSA) is 117 Å². The van der Waals surface area contributed by atoms with Gasteiger partial charge in [-0.25, -0.2) is 4.68 Å². The molecule has 1 fully saturated rings. The van der Waals surface area contributed by atoms with E-state index in [2.05, 4.69) is 15.5 Å². The molecule has 1 aromatic carbocycles. The standard InChI is InChI=1S/C23H29N7O4S/c1-5-34-22(33)17-11-13-28(14-12-17)20(31)16(3)35-23-24-25-26-29(23)19-15(2)27(4)30(21(19)32)18-9-7-6-8-10-18/h6-10,16-17H,5,11-14H2,1-4H3. The van der Waals surface area contributed by atoms with E-state index >= 15 is 0 Å². The first-order chi connectivity index (χ1) is 16.8. The minimum Gasteiger partial charge on any atom is -0.466 e. The fourth-order valence-corrected chi connectivity index (χ4v) is 5.13. The highest BCUT2D eigenvalue weighted by atomic mass is 32.2. The van der Waals surface area contributed by atoms with Crippen LogP contribution in [-0.4, -0.2) is 71.3 Å². The first kappa shape index (κ1) is 24.7. The summed E-state index contributed by atoms with van der Waals surface area (Å²) in [6.45, 7) is 6.77. The second-order valence-electron chi connectivity index (χ2n) is 8.40. The van der Waals surface area contributed by atoms with Crippen LogP contribution in [0.1, 0.15) is 32.4 Å². The van der Waals surface area contributed by atoms with Crippen LogP contribution < -0.4 is 5.56 Å². The smallest absolute Gasteiger partial charge is 0.309 e. The monoisotopic (exact) mass is 499 g/mol. The molecule has 11 nitrogen and oxygen atoms in total. The van der Waals surface area contributed by atoms with Gasteiger partial charge in [-0.05, 0) is 56.2 Å². The van der Waals surface area contributed by atoms with E-state index in [-0.39, 0.29) is 23.4 Å². The van der Waals surface area contributed by atoms with E-state index in [0.29, 0.717) is 49.1 Å². The highest BCUT2D eigenvalue weighted by Crippen LogP contribution is 2.27. The third-order valence-electron chi connectivity index (χ3n) is 6.23. The number of amides is 1. The molecule has 3 aromatic rings. The Morgan fingerprint density at radius 2 is 1.89 bits per heavy atom. The third-order valence-corrected chi connectivity index (χ3v) is 7.25. The van der Waals surface area contributed by atoms with E-state index < -0.39 is 5.25 Å². The molecular weight excluding hydrogens is 470 g/mol. The predicted molar refractivity (Wildman–Crippen MR) is 130 cm³/mol. The number of nitrogens with zero attached hydrogens (tertiary/aromatic N) is 7. The molecule has 3 heterocycles. The molecule has 0 bridgehead atoms. The lowest BCUT2D eigenvalue weighted by atomic mass is 9.97. The summed E-state index contributed by atoms with van der Waals surface area (Å²) in [6, 6.07) is 9.33. The Hall–Kier alpha value is -3.41. The van der Waals surface area contributed by atoms with Gasteiger partial charge in [-0.3, -0.25) is 19.1 Å². The van der Waals surface area contributed by atoms with Crippen LogP contribution >= 0.6 is 11.8 Å². The van der Waals surface area contributed by atoms with Crippen molar-refractivity contribution in [3.63, 3.8) is 0 Å². The Labute approximate surface area is 207 Å². The molecule has 35 heavy (non-hydrogen) atoms. The molecule has 1 amide bonds. The number of carbonyl (C=O) groups excluding carboxylic acids is 2. The number of esters is 1. The van der Waals surface area contributed by atoms with Gasteiger partial charge in [0.25, 0.3) is 5.56 Å². The van der Waals surface area contributed by atoms with Crippen molar-refractivity contribution in [3.8, 4) is 11.4 Å². The van der Waals surface area contributed by atoms with E-state index in [1.807, 2.05) is 37.3 Å². The minimum absolute atomic E-state index is 0.0571. The van der Waals surface area contributed by atoms with Crippen LogP contribution in [0.2, 0.25) is 0 Å². The van der Waals surface area contributed by atoms with Gasteiger partial charge in [0.1, 0.15) is 0 Å². The maximum Gasteiger partial charge on any atom is 0.309 e. The quantitative estimate of drug-likeness (QED) is 0.356. The summed E-state index contributed by atoms with van der Waals surface area (Å²) in [6.07, 6.45) is 1.17. The summed E-state index contributed by atoms with van der Waals surface area (Å²) in [5.74, 6) is -0.416. The van der Waals surface area contributed by atoms with E-state index in [1.54, 1.807) is 35.2 Å². The van der Waals surface area contributed by atoms with E-state index in [4.69, 9.17) is 4.74 Å². The van der Waals surface area contributed by atoms with Crippen molar-refractivity contribution >= 4 is 23.6 Å². The van der Waals surface area contributed by atoms with Gasteiger partial charge >= 0.3 is 5.97 Å². The fourth-order valence-electron chi connectivity index (χ4n) is 4.25. The molecule has 1 aliphatic rings. The van der Waals surface area contributed by atoms with Crippen LogP contribution in [0.4, 0.5) is 0 Å². The van der Waals surface area contributed by atoms with Crippen molar-refractivity contribution in [1.29, 1.82) is 0 Å². The van der Waals surface area contributed by atoms with Crippen LogP contribution in [0.3, 0.4) is 0 Å². The average Bonchev–Trinajstić information content (AvgIpc) is 3.40. The summed E-state index contributed by atoms with van der Waals surface area (Å²) in [7, 11) is 1.80. The van der Waals surface area contributed by atoms with Crippen molar-refractivity contribution in [1.82, 2.24) is 34.5 Å². The predicted octanol–water partition coefficient (Wildman–Crippen LogP) is 1.74.